The van der Waals surface area contributed by atoms with Crippen LogP contribution in [-0.2, 0) is 7.05 Å². The Morgan fingerprint density at radius 3 is 2.42 bits per heavy atom. The average molecular weight is 268 g/mol. The number of hydrogen-bond acceptors (Lipinski definition) is 2. The first-order valence-electron chi connectivity index (χ1n) is 6.25. The molecule has 0 fully saturated rings. The summed E-state index contributed by atoms with van der Waals surface area (Å²) >= 11 is 1.73. The van der Waals surface area contributed by atoms with E-state index in [9.17, 15) is 0 Å². The SMILES string of the molecule is Cc1c(Sc2ccccc2N)n(C)c2ccccc12. The van der Waals surface area contributed by atoms with Crippen molar-refractivity contribution in [2.24, 2.45) is 7.05 Å². The number of para-hydroxylation sites is 2. The van der Waals surface area contributed by atoms with Crippen LogP contribution in [0, 0.1) is 6.92 Å². The molecule has 0 unspecified atom stereocenters. The van der Waals surface area contributed by atoms with Crippen molar-refractivity contribution < 1.29 is 0 Å². The van der Waals surface area contributed by atoms with E-state index < -0.39 is 0 Å². The number of nitrogens with zero attached hydrogens (tertiary/aromatic N) is 1. The first kappa shape index (κ1) is 12.2. The Balaban J connectivity index is 2.14. The summed E-state index contributed by atoms with van der Waals surface area (Å²) in [5, 5.41) is 2.56. The molecular formula is C16H16N2S. The van der Waals surface area contributed by atoms with Gasteiger partial charge in [-0.15, -0.1) is 0 Å². The van der Waals surface area contributed by atoms with E-state index in [0.29, 0.717) is 0 Å². The zero-order valence-electron chi connectivity index (χ0n) is 11.1. The van der Waals surface area contributed by atoms with E-state index in [1.54, 1.807) is 11.8 Å². The van der Waals surface area contributed by atoms with Crippen LogP contribution >= 0.6 is 11.8 Å². The van der Waals surface area contributed by atoms with Crippen molar-refractivity contribution in [3.05, 3.63) is 54.1 Å². The Bertz CT molecular complexity index is 705. The number of fused-ring (bicyclic) bond motifs is 1. The van der Waals surface area contributed by atoms with Gasteiger partial charge in [0.15, 0.2) is 0 Å². The number of nitrogens with two attached hydrogens (primary N) is 1. The molecule has 3 rings (SSSR count). The minimum Gasteiger partial charge on any atom is -0.398 e. The summed E-state index contributed by atoms with van der Waals surface area (Å²) in [5.74, 6) is 0. The summed E-state index contributed by atoms with van der Waals surface area (Å²) in [6, 6.07) is 16.5. The molecule has 0 radical (unpaired) electrons. The van der Waals surface area contributed by atoms with Crippen LogP contribution in [0.4, 0.5) is 5.69 Å². The van der Waals surface area contributed by atoms with Gasteiger partial charge in [0.1, 0.15) is 0 Å². The molecule has 1 aromatic heterocycles. The highest BCUT2D eigenvalue weighted by Crippen LogP contribution is 2.37. The van der Waals surface area contributed by atoms with Crippen molar-refractivity contribution in [1.82, 2.24) is 4.57 Å². The lowest BCUT2D eigenvalue weighted by atomic mass is 10.2. The number of anilines is 1. The third-order valence-electron chi connectivity index (χ3n) is 3.42. The third kappa shape index (κ3) is 2.00. The molecule has 0 atom stereocenters. The van der Waals surface area contributed by atoms with E-state index in [-0.39, 0.29) is 0 Å². The van der Waals surface area contributed by atoms with E-state index >= 15 is 0 Å². The first-order chi connectivity index (χ1) is 9.18. The van der Waals surface area contributed by atoms with Gasteiger partial charge in [0.25, 0.3) is 0 Å². The van der Waals surface area contributed by atoms with Gasteiger partial charge >= 0.3 is 0 Å². The van der Waals surface area contributed by atoms with Crippen LogP contribution in [0.3, 0.4) is 0 Å². The summed E-state index contributed by atoms with van der Waals surface area (Å²) in [6.45, 7) is 2.17. The fourth-order valence-electron chi connectivity index (χ4n) is 2.38. The minimum absolute atomic E-state index is 0.831. The average Bonchev–Trinajstić information content (AvgIpc) is 2.67. The van der Waals surface area contributed by atoms with Gasteiger partial charge in [-0.05, 0) is 30.7 Å². The molecule has 0 aliphatic heterocycles. The van der Waals surface area contributed by atoms with E-state index in [1.807, 2.05) is 18.2 Å². The van der Waals surface area contributed by atoms with Crippen LogP contribution in [0.1, 0.15) is 5.56 Å². The third-order valence-corrected chi connectivity index (χ3v) is 4.79. The summed E-state index contributed by atoms with van der Waals surface area (Å²) in [7, 11) is 2.11. The molecule has 2 nitrogen and oxygen atoms in total. The Morgan fingerprint density at radius 2 is 1.68 bits per heavy atom. The zero-order valence-corrected chi connectivity index (χ0v) is 11.9. The van der Waals surface area contributed by atoms with Crippen LogP contribution in [0.2, 0.25) is 0 Å². The molecule has 3 aromatic rings. The second-order valence-corrected chi connectivity index (χ2v) is 5.68. The molecule has 96 valence electrons. The lowest BCUT2D eigenvalue weighted by Crippen LogP contribution is -1.92. The van der Waals surface area contributed by atoms with Gasteiger partial charge in [0, 0.05) is 28.5 Å². The standard InChI is InChI=1S/C16H16N2S/c1-11-12-7-3-5-9-14(12)18(2)16(11)19-15-10-6-4-8-13(15)17/h3-10H,17H2,1-2H3. The van der Waals surface area contributed by atoms with E-state index in [0.717, 1.165) is 10.6 Å². The Kier molecular flexibility index (Phi) is 2.99. The van der Waals surface area contributed by atoms with Gasteiger partial charge in [-0.25, -0.2) is 0 Å². The topological polar surface area (TPSA) is 30.9 Å². The van der Waals surface area contributed by atoms with Crippen LogP contribution in [0.15, 0.2) is 58.5 Å². The molecule has 2 aromatic carbocycles. The van der Waals surface area contributed by atoms with Gasteiger partial charge in [0.05, 0.1) is 5.03 Å². The Morgan fingerprint density at radius 1 is 1.00 bits per heavy atom. The van der Waals surface area contributed by atoms with E-state index in [1.165, 1.54) is 21.5 Å². The maximum Gasteiger partial charge on any atom is 0.0835 e. The highest BCUT2D eigenvalue weighted by atomic mass is 32.2. The van der Waals surface area contributed by atoms with Crippen LogP contribution < -0.4 is 5.73 Å². The smallest absolute Gasteiger partial charge is 0.0835 e. The maximum absolute atomic E-state index is 6.03. The fraction of sp³-hybridized carbons (Fsp3) is 0.125. The van der Waals surface area contributed by atoms with Gasteiger partial charge in [-0.2, -0.15) is 0 Å². The highest BCUT2D eigenvalue weighted by molar-refractivity contribution is 7.99. The molecule has 0 saturated carbocycles. The number of nitrogen functional groups attached to an aromatic ring is 1. The second-order valence-electron chi connectivity index (χ2n) is 4.65. The monoisotopic (exact) mass is 268 g/mol. The molecule has 2 N–H and O–H groups in total. The molecule has 3 heteroatoms. The number of aryl methyl sites for hydroxylation is 2. The molecular weight excluding hydrogens is 252 g/mol. The fourth-order valence-corrected chi connectivity index (χ4v) is 3.42. The highest BCUT2D eigenvalue weighted by Gasteiger charge is 2.13. The first-order valence-corrected chi connectivity index (χ1v) is 7.06. The zero-order chi connectivity index (χ0) is 13.4. The van der Waals surface area contributed by atoms with Gasteiger partial charge in [-0.1, -0.05) is 42.1 Å². The molecule has 0 bridgehead atoms. The molecule has 0 aliphatic carbocycles. The molecule has 0 spiro atoms. The van der Waals surface area contributed by atoms with Crippen molar-refractivity contribution in [3.8, 4) is 0 Å². The van der Waals surface area contributed by atoms with Crippen molar-refractivity contribution in [3.63, 3.8) is 0 Å². The van der Waals surface area contributed by atoms with Gasteiger partial charge in [-0.3, -0.25) is 0 Å². The van der Waals surface area contributed by atoms with Crippen LogP contribution in [0.25, 0.3) is 10.9 Å². The van der Waals surface area contributed by atoms with Crippen molar-refractivity contribution in [2.75, 3.05) is 5.73 Å². The summed E-state index contributed by atoms with van der Waals surface area (Å²) in [6.07, 6.45) is 0. The predicted octanol–water partition coefficient (Wildman–Crippen LogP) is 4.22. The summed E-state index contributed by atoms with van der Waals surface area (Å²) < 4.78 is 2.24. The molecule has 0 saturated heterocycles. The van der Waals surface area contributed by atoms with Crippen molar-refractivity contribution in [2.45, 2.75) is 16.8 Å². The lowest BCUT2D eigenvalue weighted by molar-refractivity contribution is 0.851. The normalized spacial score (nSPS) is 11.1. The quantitative estimate of drug-likeness (QED) is 0.705. The molecule has 1 heterocycles. The van der Waals surface area contributed by atoms with Crippen molar-refractivity contribution >= 4 is 28.4 Å². The largest absolute Gasteiger partial charge is 0.398 e. The number of rotatable bonds is 2. The van der Waals surface area contributed by atoms with E-state index in [2.05, 4.69) is 48.9 Å². The predicted molar refractivity (Wildman–Crippen MR) is 82.6 cm³/mol. The second kappa shape index (κ2) is 4.67. The van der Waals surface area contributed by atoms with Crippen molar-refractivity contribution in [1.29, 1.82) is 0 Å². The number of aromatic nitrogens is 1. The Labute approximate surface area is 117 Å². The number of benzene rings is 2. The van der Waals surface area contributed by atoms with Crippen LogP contribution in [0.5, 0.6) is 0 Å². The minimum atomic E-state index is 0.831. The molecule has 0 aliphatic rings. The molecule has 19 heavy (non-hydrogen) atoms. The molecule has 0 amide bonds. The summed E-state index contributed by atoms with van der Waals surface area (Å²) in [4.78, 5) is 1.11. The van der Waals surface area contributed by atoms with Gasteiger partial charge < -0.3 is 10.3 Å². The van der Waals surface area contributed by atoms with Gasteiger partial charge in [0.2, 0.25) is 0 Å². The number of hydrogen-bond donors (Lipinski definition) is 1. The summed E-state index contributed by atoms with van der Waals surface area (Å²) in [5.41, 5.74) is 9.44. The van der Waals surface area contributed by atoms with E-state index in [4.69, 9.17) is 5.73 Å². The Hall–Kier alpha value is -1.87. The lowest BCUT2D eigenvalue weighted by Gasteiger charge is -2.07. The maximum atomic E-state index is 6.03. The van der Waals surface area contributed by atoms with Crippen LogP contribution in [-0.4, -0.2) is 4.57 Å².